The molecule has 1 aliphatic carbocycles. The predicted molar refractivity (Wildman–Crippen MR) is 63.7 cm³/mol. The summed E-state index contributed by atoms with van der Waals surface area (Å²) in [6.45, 7) is 2.44. The lowest BCUT2D eigenvalue weighted by Gasteiger charge is -2.31. The fraction of sp³-hybridized carbons (Fsp3) is 0.385. The first-order chi connectivity index (χ1) is 8.12. The molecule has 1 aliphatic heterocycles. The normalized spacial score (nSPS) is 21.6. The summed E-state index contributed by atoms with van der Waals surface area (Å²) in [6, 6.07) is 7.16. The molecule has 0 aromatic heterocycles. The first kappa shape index (κ1) is 10.3. The number of anilines is 1. The van der Waals surface area contributed by atoms with Gasteiger partial charge in [-0.3, -0.25) is 4.79 Å². The van der Waals surface area contributed by atoms with Gasteiger partial charge in [0.05, 0.1) is 11.1 Å². The molecule has 2 aliphatic rings. The van der Waals surface area contributed by atoms with Gasteiger partial charge in [-0.25, -0.2) is 9.69 Å². The Morgan fingerprint density at radius 3 is 2.71 bits per heavy atom. The molecule has 1 saturated heterocycles. The minimum Gasteiger partial charge on any atom is -0.336 e. The average molecular weight is 230 g/mol. The molecule has 0 bridgehead atoms. The minimum absolute atomic E-state index is 0.0492. The number of nitrogens with one attached hydrogen (secondary N) is 1. The predicted octanol–water partition coefficient (Wildman–Crippen LogP) is 1.83. The Morgan fingerprint density at radius 2 is 2.06 bits per heavy atom. The van der Waals surface area contributed by atoms with Gasteiger partial charge in [0.15, 0.2) is 0 Å². The maximum atomic E-state index is 12.3. The average Bonchev–Trinajstić information content (AvgIpc) is 3.06. The first-order valence-corrected chi connectivity index (χ1v) is 5.81. The molecular weight excluding hydrogens is 216 g/mol. The summed E-state index contributed by atoms with van der Waals surface area (Å²) in [7, 11) is 0. The summed E-state index contributed by atoms with van der Waals surface area (Å²) in [5, 5.41) is 2.80. The molecule has 3 rings (SSSR count). The lowest BCUT2D eigenvalue weighted by atomic mass is 10.0. The monoisotopic (exact) mass is 230 g/mol. The molecule has 2 fully saturated rings. The first-order valence-electron chi connectivity index (χ1n) is 5.81. The molecule has 4 nitrogen and oxygen atoms in total. The van der Waals surface area contributed by atoms with Crippen LogP contribution in [0.2, 0.25) is 0 Å². The van der Waals surface area contributed by atoms with Crippen molar-refractivity contribution < 1.29 is 9.59 Å². The van der Waals surface area contributed by atoms with Gasteiger partial charge in [-0.1, -0.05) is 12.1 Å². The van der Waals surface area contributed by atoms with E-state index in [2.05, 4.69) is 5.32 Å². The van der Waals surface area contributed by atoms with Gasteiger partial charge in [-0.05, 0) is 37.5 Å². The molecule has 0 unspecified atom stereocenters. The largest absolute Gasteiger partial charge is 0.336 e. The standard InChI is InChI=1S/C13H14N2O2/c1-9-3-2-4-10(7-9)15-11(16)13(5-6-13)8-14-12(15)17/h2-4,7H,5-6,8H2,1H3,(H,14,17). The number of aryl methyl sites for hydroxylation is 1. The molecule has 1 N–H and O–H groups in total. The van der Waals surface area contributed by atoms with Crippen LogP contribution in [0.3, 0.4) is 0 Å². The van der Waals surface area contributed by atoms with Gasteiger partial charge in [0, 0.05) is 6.54 Å². The smallest absolute Gasteiger partial charge is 0.328 e. The number of urea groups is 1. The van der Waals surface area contributed by atoms with E-state index in [0.717, 1.165) is 18.4 Å². The molecule has 1 aromatic rings. The van der Waals surface area contributed by atoms with Crippen molar-refractivity contribution in [1.82, 2.24) is 5.32 Å². The number of carbonyl (C=O) groups excluding carboxylic acids is 2. The van der Waals surface area contributed by atoms with Crippen LogP contribution in [0.5, 0.6) is 0 Å². The molecule has 0 radical (unpaired) electrons. The zero-order valence-electron chi connectivity index (χ0n) is 9.69. The Kier molecular flexibility index (Phi) is 2.02. The molecule has 1 saturated carbocycles. The number of imide groups is 1. The highest BCUT2D eigenvalue weighted by Gasteiger charge is 2.56. The van der Waals surface area contributed by atoms with Crippen LogP contribution in [0.15, 0.2) is 24.3 Å². The minimum atomic E-state index is -0.308. The van der Waals surface area contributed by atoms with Crippen LogP contribution < -0.4 is 10.2 Å². The second-order valence-corrected chi connectivity index (χ2v) is 4.92. The van der Waals surface area contributed by atoms with Gasteiger partial charge < -0.3 is 5.32 Å². The number of nitrogens with zero attached hydrogens (tertiary/aromatic N) is 1. The van der Waals surface area contributed by atoms with Gasteiger partial charge in [-0.15, -0.1) is 0 Å². The summed E-state index contributed by atoms with van der Waals surface area (Å²) in [5.74, 6) is -0.0492. The van der Waals surface area contributed by atoms with E-state index in [9.17, 15) is 9.59 Å². The van der Waals surface area contributed by atoms with E-state index in [-0.39, 0.29) is 17.4 Å². The van der Waals surface area contributed by atoms with Gasteiger partial charge in [0.2, 0.25) is 5.91 Å². The molecule has 17 heavy (non-hydrogen) atoms. The molecule has 4 heteroatoms. The van der Waals surface area contributed by atoms with Crippen molar-refractivity contribution >= 4 is 17.6 Å². The van der Waals surface area contributed by atoms with E-state index in [0.29, 0.717) is 12.2 Å². The Labute approximate surface area is 99.6 Å². The summed E-state index contributed by atoms with van der Waals surface area (Å²) >= 11 is 0. The van der Waals surface area contributed by atoms with Crippen LogP contribution in [0.25, 0.3) is 0 Å². The quantitative estimate of drug-likeness (QED) is 0.800. The second-order valence-electron chi connectivity index (χ2n) is 4.92. The Morgan fingerprint density at radius 1 is 1.29 bits per heavy atom. The summed E-state index contributed by atoms with van der Waals surface area (Å²) in [4.78, 5) is 25.4. The van der Waals surface area contributed by atoms with Crippen molar-refractivity contribution in [3.05, 3.63) is 29.8 Å². The number of benzene rings is 1. The summed E-state index contributed by atoms with van der Waals surface area (Å²) < 4.78 is 0. The third kappa shape index (κ3) is 1.52. The maximum absolute atomic E-state index is 12.3. The lowest BCUT2D eigenvalue weighted by Crippen LogP contribution is -2.56. The van der Waals surface area contributed by atoms with Crippen molar-refractivity contribution in [3.8, 4) is 0 Å². The number of amides is 3. The third-order valence-electron chi connectivity index (χ3n) is 3.55. The fourth-order valence-corrected chi connectivity index (χ4v) is 2.27. The van der Waals surface area contributed by atoms with Crippen LogP contribution in [0.1, 0.15) is 18.4 Å². The van der Waals surface area contributed by atoms with Crippen LogP contribution in [0.4, 0.5) is 10.5 Å². The van der Waals surface area contributed by atoms with Crippen LogP contribution in [-0.2, 0) is 4.79 Å². The number of hydrogen-bond donors (Lipinski definition) is 1. The van der Waals surface area contributed by atoms with Crippen LogP contribution >= 0.6 is 0 Å². The topological polar surface area (TPSA) is 49.4 Å². The summed E-state index contributed by atoms with van der Waals surface area (Å²) in [6.07, 6.45) is 1.77. The zero-order chi connectivity index (χ0) is 12.0. The van der Waals surface area contributed by atoms with Gasteiger partial charge in [0.1, 0.15) is 0 Å². The van der Waals surface area contributed by atoms with Crippen molar-refractivity contribution in [2.45, 2.75) is 19.8 Å². The highest BCUT2D eigenvalue weighted by Crippen LogP contribution is 2.48. The van der Waals surface area contributed by atoms with Crippen molar-refractivity contribution in [2.24, 2.45) is 5.41 Å². The zero-order valence-corrected chi connectivity index (χ0v) is 9.69. The summed E-state index contributed by atoms with van der Waals surface area (Å²) in [5.41, 5.74) is 1.40. The third-order valence-corrected chi connectivity index (χ3v) is 3.55. The SMILES string of the molecule is Cc1cccc(N2C(=O)NCC3(CC3)C2=O)c1. The number of rotatable bonds is 1. The van der Waals surface area contributed by atoms with Gasteiger partial charge in [-0.2, -0.15) is 0 Å². The second kappa shape index (κ2) is 3.32. The van der Waals surface area contributed by atoms with E-state index in [1.54, 1.807) is 6.07 Å². The molecule has 1 spiro atoms. The van der Waals surface area contributed by atoms with Crippen LogP contribution in [0, 0.1) is 12.3 Å². The van der Waals surface area contributed by atoms with Crippen molar-refractivity contribution in [1.29, 1.82) is 0 Å². The van der Waals surface area contributed by atoms with E-state index < -0.39 is 0 Å². The van der Waals surface area contributed by atoms with E-state index >= 15 is 0 Å². The Hall–Kier alpha value is -1.84. The highest BCUT2D eigenvalue weighted by atomic mass is 16.2. The van der Waals surface area contributed by atoms with Gasteiger partial charge >= 0.3 is 6.03 Å². The Balaban J connectivity index is 2.00. The molecule has 0 atom stereocenters. The molecule has 1 aromatic carbocycles. The fourth-order valence-electron chi connectivity index (χ4n) is 2.27. The molecule has 1 heterocycles. The maximum Gasteiger partial charge on any atom is 0.328 e. The molecule has 3 amide bonds. The number of carbonyl (C=O) groups is 2. The number of hydrogen-bond acceptors (Lipinski definition) is 2. The molecular formula is C13H14N2O2. The van der Waals surface area contributed by atoms with Crippen molar-refractivity contribution in [2.75, 3.05) is 11.4 Å². The van der Waals surface area contributed by atoms with Gasteiger partial charge in [0.25, 0.3) is 0 Å². The highest BCUT2D eigenvalue weighted by molar-refractivity contribution is 6.18. The van der Waals surface area contributed by atoms with E-state index in [1.165, 1.54) is 4.90 Å². The Bertz CT molecular complexity index is 506. The lowest BCUT2D eigenvalue weighted by molar-refractivity contribution is -0.123. The van der Waals surface area contributed by atoms with E-state index in [1.807, 2.05) is 25.1 Å². The van der Waals surface area contributed by atoms with Crippen LogP contribution in [-0.4, -0.2) is 18.5 Å². The van der Waals surface area contributed by atoms with E-state index in [4.69, 9.17) is 0 Å². The van der Waals surface area contributed by atoms with Crippen molar-refractivity contribution in [3.63, 3.8) is 0 Å². The molecule has 88 valence electrons.